The number of carbonyl (C=O) groups excluding carboxylic acids is 4. The molecule has 4 rings (SSSR count). The smallest absolute Gasteiger partial charge is 0.276 e. The van der Waals surface area contributed by atoms with Gasteiger partial charge in [-0.05, 0) is 97.6 Å². The first kappa shape index (κ1) is 59.2. The third-order valence-corrected chi connectivity index (χ3v) is 8.99. The highest BCUT2D eigenvalue weighted by Crippen LogP contribution is 2.32. The minimum Gasteiger partial charge on any atom is -0.494 e. The number of carbonyl (C=O) groups is 4. The van der Waals surface area contributed by atoms with Crippen LogP contribution in [0.2, 0.25) is 0 Å². The third kappa shape index (κ3) is 19.5. The highest BCUT2D eigenvalue weighted by molar-refractivity contribution is 6.47. The minimum atomic E-state index is -0.685. The molecule has 0 saturated heterocycles. The number of nitrogens with zero attached hydrogens (tertiary/aromatic N) is 7. The molecular formula is C47H72N16O6. The highest BCUT2D eigenvalue weighted by Gasteiger charge is 2.21. The number of fused-ring (bicyclic) bond motifs is 2. The lowest BCUT2D eigenvalue weighted by Gasteiger charge is -2.13. The molecule has 0 aliphatic carbocycles. The van der Waals surface area contributed by atoms with Crippen LogP contribution in [0.4, 0.5) is 11.9 Å². The molecule has 15 N–H and O–H groups in total. The number of rotatable bonds is 23. The van der Waals surface area contributed by atoms with Crippen LogP contribution in [0.15, 0.2) is 82.1 Å². The second-order valence-corrected chi connectivity index (χ2v) is 14.5. The van der Waals surface area contributed by atoms with Crippen molar-refractivity contribution in [2.75, 3.05) is 64.1 Å². The molecule has 0 aliphatic rings. The van der Waals surface area contributed by atoms with E-state index >= 15 is 0 Å². The number of imidazole rings is 2. The topological polar surface area (TPSA) is 354 Å². The van der Waals surface area contributed by atoms with Gasteiger partial charge in [0.1, 0.15) is 34.9 Å². The van der Waals surface area contributed by atoms with E-state index in [0.29, 0.717) is 65.3 Å². The Morgan fingerprint density at radius 2 is 1.33 bits per heavy atom. The van der Waals surface area contributed by atoms with Crippen molar-refractivity contribution in [1.29, 1.82) is 5.41 Å². The third-order valence-electron chi connectivity index (χ3n) is 8.99. The van der Waals surface area contributed by atoms with Crippen molar-refractivity contribution in [3.05, 3.63) is 83.2 Å². The van der Waals surface area contributed by atoms with Gasteiger partial charge in [-0.2, -0.15) is 0 Å². The van der Waals surface area contributed by atoms with E-state index in [0.717, 1.165) is 37.3 Å². The van der Waals surface area contributed by atoms with Crippen molar-refractivity contribution in [3.8, 4) is 11.5 Å². The Morgan fingerprint density at radius 1 is 0.812 bits per heavy atom. The Labute approximate surface area is 404 Å². The van der Waals surface area contributed by atoms with Gasteiger partial charge in [-0.25, -0.2) is 9.97 Å². The highest BCUT2D eigenvalue weighted by atomic mass is 16.5. The number of likely N-dealkylation sites (N-methyl/N-ethyl adjacent to an activating group) is 1. The SMILES string of the molecule is CC.CCN=C(/C=C(/C)N)C(=O)Nc1nc2cc(C(N)=O)cc(OC/C=C/CN(C)CCCN)c2n1C/C=C/Cn1c(NC=O)nc2cc(C(N)=O)cc(OC)c21.CCN=C(C)/C=C(/C)N.N=CN. The van der Waals surface area contributed by atoms with Gasteiger partial charge in [-0.1, -0.05) is 38.2 Å². The van der Waals surface area contributed by atoms with Crippen LogP contribution in [-0.2, 0) is 22.7 Å². The van der Waals surface area contributed by atoms with Crippen LogP contribution in [0.3, 0.4) is 0 Å². The largest absolute Gasteiger partial charge is 0.494 e. The summed E-state index contributed by atoms with van der Waals surface area (Å²) < 4.78 is 15.2. The fourth-order valence-corrected chi connectivity index (χ4v) is 6.26. The first-order valence-corrected chi connectivity index (χ1v) is 22.2. The number of aliphatic imine (C=N–C) groups is 2. The van der Waals surface area contributed by atoms with Crippen LogP contribution < -0.4 is 54.5 Å². The Bertz CT molecular complexity index is 2510. The number of nitrogens with one attached hydrogen (secondary N) is 3. The van der Waals surface area contributed by atoms with Crippen molar-refractivity contribution in [2.24, 2.45) is 44.4 Å². The number of primary amides is 2. The molecule has 2 aromatic heterocycles. The van der Waals surface area contributed by atoms with E-state index in [-0.39, 0.29) is 48.4 Å². The Balaban J connectivity index is 0.00000149. The van der Waals surface area contributed by atoms with Gasteiger partial charge < -0.3 is 57.9 Å². The number of ether oxygens (including phenoxy) is 2. The lowest BCUT2D eigenvalue weighted by Crippen LogP contribution is -2.24. The molecule has 0 aliphatic heterocycles. The van der Waals surface area contributed by atoms with Crippen molar-refractivity contribution in [1.82, 2.24) is 24.0 Å². The fourth-order valence-electron chi connectivity index (χ4n) is 6.26. The molecule has 2 aromatic carbocycles. The molecule has 0 fully saturated rings. The van der Waals surface area contributed by atoms with E-state index in [1.807, 2.05) is 72.0 Å². The maximum absolute atomic E-state index is 13.5. The molecule has 22 heteroatoms. The molecule has 69 heavy (non-hydrogen) atoms. The standard InChI is InChI=1S/C37H48N12O6.C7H14N2.C2H6.CH4N2/c1-5-42-28(17-23(2)39)35(53)46-37-45-27-19-25(34(41)52)21-30(55-16-9-8-12-47(3)13-10-11-38)32(27)49(37)15-7-6-14-48-31-26(44-36(48)43-22-50)18-24(33(40)51)20-29(31)54-4;1-4-9-7(3)5-6(2)8;1-2;2-1-3/h6-9,17-22H,5,10-16,38-39H2,1-4H3,(H2,40,51)(H2,41,52)(H,43,44,50)(H,45,46,53);5H,4,8H2,1-3H3;1-2H3;1H,(H3,2,3)/b7-6+,9-8+,23-17-,42-28?;6-5-,9-7?;;. The molecule has 4 aromatic rings. The van der Waals surface area contributed by atoms with E-state index in [1.54, 1.807) is 23.0 Å². The molecule has 0 bridgehead atoms. The Kier molecular flexibility index (Phi) is 27.4. The molecule has 0 atom stereocenters. The number of hydrogen-bond acceptors (Lipinski definition) is 15. The number of nitrogens with two attached hydrogens (primary N) is 6. The summed E-state index contributed by atoms with van der Waals surface area (Å²) >= 11 is 0. The molecule has 0 saturated carbocycles. The summed E-state index contributed by atoms with van der Waals surface area (Å²) in [6.45, 7) is 17.1. The molecule has 0 unspecified atom stereocenters. The summed E-state index contributed by atoms with van der Waals surface area (Å²) in [4.78, 5) is 69.0. The molecule has 0 radical (unpaired) electrons. The van der Waals surface area contributed by atoms with Crippen LogP contribution in [0.1, 0.15) is 75.6 Å². The van der Waals surface area contributed by atoms with Gasteiger partial charge >= 0.3 is 0 Å². The number of methoxy groups -OCH3 is 1. The van der Waals surface area contributed by atoms with Gasteiger partial charge in [0.15, 0.2) is 0 Å². The van der Waals surface area contributed by atoms with Crippen molar-refractivity contribution >= 4 is 75.9 Å². The van der Waals surface area contributed by atoms with Crippen LogP contribution in [0.25, 0.3) is 22.1 Å². The number of anilines is 2. The van der Waals surface area contributed by atoms with E-state index in [9.17, 15) is 19.2 Å². The maximum Gasteiger partial charge on any atom is 0.276 e. The number of hydrogen-bond donors (Lipinski definition) is 9. The summed E-state index contributed by atoms with van der Waals surface area (Å²) in [6.07, 6.45) is 12.9. The van der Waals surface area contributed by atoms with E-state index < -0.39 is 17.7 Å². The lowest BCUT2D eigenvalue weighted by molar-refractivity contribution is -0.110. The molecule has 0 spiro atoms. The zero-order valence-electron chi connectivity index (χ0n) is 41.3. The van der Waals surface area contributed by atoms with Crippen LogP contribution in [0.5, 0.6) is 11.5 Å². The quantitative estimate of drug-likeness (QED) is 0.0221. The van der Waals surface area contributed by atoms with Crippen LogP contribution >= 0.6 is 0 Å². The predicted molar refractivity (Wildman–Crippen MR) is 278 cm³/mol. The Morgan fingerprint density at radius 3 is 1.83 bits per heavy atom. The summed E-state index contributed by atoms with van der Waals surface area (Å²) in [5.74, 6) is -0.926. The lowest BCUT2D eigenvalue weighted by atomic mass is 10.1. The summed E-state index contributed by atoms with van der Waals surface area (Å²) in [7, 11) is 3.44. The number of aromatic nitrogens is 4. The van der Waals surface area contributed by atoms with Crippen LogP contribution in [-0.4, -0.2) is 119 Å². The van der Waals surface area contributed by atoms with E-state index in [2.05, 4.69) is 41.2 Å². The van der Waals surface area contributed by atoms with Gasteiger partial charge in [0.2, 0.25) is 30.1 Å². The normalized spacial score (nSPS) is 11.9. The number of benzene rings is 2. The summed E-state index contributed by atoms with van der Waals surface area (Å²) in [5, 5.41) is 11.3. The zero-order chi connectivity index (χ0) is 52.1. The number of amides is 4. The summed E-state index contributed by atoms with van der Waals surface area (Å²) in [5.41, 5.74) is 36.9. The minimum absolute atomic E-state index is 0.100. The van der Waals surface area contributed by atoms with E-state index in [4.69, 9.17) is 43.6 Å². The second kappa shape index (κ2) is 32.0. The van der Waals surface area contributed by atoms with Gasteiger partial charge in [-0.3, -0.25) is 45.2 Å². The van der Waals surface area contributed by atoms with Gasteiger partial charge in [-0.15, -0.1) is 0 Å². The van der Waals surface area contributed by atoms with Crippen molar-refractivity contribution in [3.63, 3.8) is 0 Å². The molecular weight excluding hydrogens is 885 g/mol. The zero-order valence-corrected chi connectivity index (χ0v) is 41.3. The fraction of sp³-hybridized carbons (Fsp3) is 0.383. The average molecular weight is 957 g/mol. The number of allylic oxidation sites excluding steroid dienone is 5. The van der Waals surface area contributed by atoms with E-state index in [1.165, 1.54) is 37.5 Å². The van der Waals surface area contributed by atoms with Crippen LogP contribution in [0, 0.1) is 5.41 Å². The first-order valence-electron chi connectivity index (χ1n) is 22.2. The van der Waals surface area contributed by atoms with Crippen molar-refractivity contribution in [2.45, 2.75) is 68.0 Å². The van der Waals surface area contributed by atoms with Crippen molar-refractivity contribution < 1.29 is 28.7 Å². The molecule has 22 nitrogen and oxygen atoms in total. The van der Waals surface area contributed by atoms with Gasteiger partial charge in [0.05, 0.1) is 24.5 Å². The second-order valence-electron chi connectivity index (χ2n) is 14.5. The molecule has 4 amide bonds. The average Bonchev–Trinajstić information content (AvgIpc) is 3.83. The maximum atomic E-state index is 13.5. The first-order chi connectivity index (χ1) is 33.0. The molecule has 2 heterocycles. The van der Waals surface area contributed by atoms with Gasteiger partial charge in [0.25, 0.3) is 5.91 Å². The monoisotopic (exact) mass is 957 g/mol. The predicted octanol–water partition coefficient (Wildman–Crippen LogP) is 3.80. The Hall–Kier alpha value is -7.85. The summed E-state index contributed by atoms with van der Waals surface area (Å²) in [6, 6.07) is 6.07. The van der Waals surface area contributed by atoms with Gasteiger partial charge in [0, 0.05) is 61.0 Å². The molecule has 376 valence electrons.